The van der Waals surface area contributed by atoms with Gasteiger partial charge >= 0.3 is 0 Å². The Morgan fingerprint density at radius 1 is 1.38 bits per heavy atom. The maximum Gasteiger partial charge on any atom is 0.228 e. The van der Waals surface area contributed by atoms with Crippen molar-refractivity contribution in [3.8, 4) is 0 Å². The molecule has 0 saturated carbocycles. The van der Waals surface area contributed by atoms with Gasteiger partial charge in [0.05, 0.1) is 6.42 Å². The van der Waals surface area contributed by atoms with Crippen molar-refractivity contribution in [3.63, 3.8) is 0 Å². The fourth-order valence-corrected chi connectivity index (χ4v) is 1.85. The molecule has 0 bridgehead atoms. The van der Waals surface area contributed by atoms with E-state index in [1.807, 2.05) is 22.5 Å². The number of benzene rings is 1. The van der Waals surface area contributed by atoms with Gasteiger partial charge in [-0.2, -0.15) is 0 Å². The van der Waals surface area contributed by atoms with Crippen molar-refractivity contribution in [1.29, 1.82) is 0 Å². The average molecular weight is 236 g/mol. The molecule has 1 aromatic rings. The van der Waals surface area contributed by atoms with Gasteiger partial charge in [0, 0.05) is 16.9 Å². The summed E-state index contributed by atoms with van der Waals surface area (Å²) in [5.74, 6) is 0.0635. The van der Waals surface area contributed by atoms with E-state index in [0.29, 0.717) is 6.42 Å². The van der Waals surface area contributed by atoms with Crippen LogP contribution in [0.2, 0.25) is 0 Å². The van der Waals surface area contributed by atoms with E-state index in [4.69, 9.17) is 0 Å². The summed E-state index contributed by atoms with van der Waals surface area (Å²) in [5.41, 5.74) is 2.91. The first-order valence-corrected chi connectivity index (χ1v) is 5.70. The molecule has 0 radical (unpaired) electrons. The maximum absolute atomic E-state index is 11.2. The number of fused-ring (bicyclic) bond motifs is 1. The summed E-state index contributed by atoms with van der Waals surface area (Å²) in [6.07, 6.45) is 0.484. The highest BCUT2D eigenvalue weighted by Crippen LogP contribution is 2.32. The number of carbonyl (C=O) groups excluding carboxylic acids is 1. The lowest BCUT2D eigenvalue weighted by Gasteiger charge is -2.32. The van der Waals surface area contributed by atoms with Gasteiger partial charge in [-0.15, -0.1) is 0 Å². The zero-order valence-electron chi connectivity index (χ0n) is 9.74. The van der Waals surface area contributed by atoms with Crippen molar-refractivity contribution in [1.82, 2.24) is 0 Å². The minimum Gasteiger partial charge on any atom is -0.325 e. The number of nitrogens with zero attached hydrogens (tertiary/aromatic N) is 1. The maximum atomic E-state index is 11.2. The quantitative estimate of drug-likeness (QED) is 0.735. The third-order valence-corrected chi connectivity index (χ3v) is 3.43. The number of hydrogen-bond donors (Lipinski definition) is 2. The topological polar surface area (TPSA) is 32.3 Å². The van der Waals surface area contributed by atoms with Crippen molar-refractivity contribution in [2.24, 2.45) is 0 Å². The van der Waals surface area contributed by atoms with Crippen LogP contribution in [0.1, 0.15) is 26.3 Å². The van der Waals surface area contributed by atoms with Crippen LogP contribution < -0.4 is 9.62 Å². The van der Waals surface area contributed by atoms with Crippen LogP contribution >= 0.6 is 12.8 Å². The highest BCUT2D eigenvalue weighted by Gasteiger charge is 2.22. The third kappa shape index (κ3) is 2.02. The Morgan fingerprint density at radius 2 is 2.06 bits per heavy atom. The SMILES string of the molecule is CC(C)(C)N(S)c1ccc2c(c1)NC(=O)C2. The Kier molecular flexibility index (Phi) is 2.62. The molecule has 2 rings (SSSR count). The summed E-state index contributed by atoms with van der Waals surface area (Å²) >= 11 is 4.48. The predicted molar refractivity (Wildman–Crippen MR) is 70.0 cm³/mol. The standard InChI is InChI=1S/C12H16N2OS/c1-12(2,3)14(16)9-5-4-8-6-11(15)13-10(8)7-9/h4-5,7,16H,6H2,1-3H3,(H,13,15). The third-order valence-electron chi connectivity index (χ3n) is 2.60. The minimum absolute atomic E-state index is 0.0556. The van der Waals surface area contributed by atoms with E-state index < -0.39 is 0 Å². The van der Waals surface area contributed by atoms with Crippen molar-refractivity contribution in [3.05, 3.63) is 23.8 Å². The van der Waals surface area contributed by atoms with E-state index in [-0.39, 0.29) is 11.4 Å². The fourth-order valence-electron chi connectivity index (χ4n) is 1.72. The molecule has 0 aliphatic carbocycles. The molecule has 16 heavy (non-hydrogen) atoms. The highest BCUT2D eigenvalue weighted by atomic mass is 32.1. The second kappa shape index (κ2) is 3.70. The van der Waals surface area contributed by atoms with Gasteiger partial charge in [0.2, 0.25) is 5.91 Å². The van der Waals surface area contributed by atoms with Gasteiger partial charge in [0.1, 0.15) is 0 Å². The van der Waals surface area contributed by atoms with E-state index in [1.54, 1.807) is 0 Å². The molecule has 4 heteroatoms. The molecule has 1 aliphatic rings. The summed E-state index contributed by atoms with van der Waals surface area (Å²) in [6, 6.07) is 5.95. The molecule has 0 spiro atoms. The van der Waals surface area contributed by atoms with Gasteiger partial charge < -0.3 is 9.62 Å². The molecule has 1 aliphatic heterocycles. The molecule has 1 N–H and O–H groups in total. The molecule has 0 atom stereocenters. The van der Waals surface area contributed by atoms with E-state index in [0.717, 1.165) is 16.9 Å². The molecule has 3 nitrogen and oxygen atoms in total. The lowest BCUT2D eigenvalue weighted by molar-refractivity contribution is -0.115. The molecule has 1 aromatic carbocycles. The lowest BCUT2D eigenvalue weighted by atomic mass is 10.1. The first-order chi connectivity index (χ1) is 7.38. The first kappa shape index (κ1) is 11.3. The van der Waals surface area contributed by atoms with E-state index in [9.17, 15) is 4.79 Å². The molecule has 0 saturated heterocycles. The van der Waals surface area contributed by atoms with Gasteiger partial charge in [-0.3, -0.25) is 4.79 Å². The average Bonchev–Trinajstić information content (AvgIpc) is 2.54. The smallest absolute Gasteiger partial charge is 0.228 e. The van der Waals surface area contributed by atoms with Crippen LogP contribution in [-0.2, 0) is 11.2 Å². The summed E-state index contributed by atoms with van der Waals surface area (Å²) in [4.78, 5) is 11.2. The Balaban J connectivity index is 2.33. The van der Waals surface area contributed by atoms with E-state index >= 15 is 0 Å². The highest BCUT2D eigenvalue weighted by molar-refractivity contribution is 7.81. The second-order valence-electron chi connectivity index (χ2n) is 5.05. The van der Waals surface area contributed by atoms with Crippen LogP contribution in [0.5, 0.6) is 0 Å². The van der Waals surface area contributed by atoms with Crippen molar-refractivity contribution >= 4 is 30.1 Å². The largest absolute Gasteiger partial charge is 0.325 e. The van der Waals surface area contributed by atoms with Gasteiger partial charge in [0.25, 0.3) is 0 Å². The van der Waals surface area contributed by atoms with Gasteiger partial charge in [-0.25, -0.2) is 0 Å². The van der Waals surface area contributed by atoms with Gasteiger partial charge in [-0.1, -0.05) is 18.9 Å². The van der Waals surface area contributed by atoms with E-state index in [1.165, 1.54) is 0 Å². The fraction of sp³-hybridized carbons (Fsp3) is 0.417. The van der Waals surface area contributed by atoms with Crippen molar-refractivity contribution < 1.29 is 4.79 Å². The van der Waals surface area contributed by atoms with Gasteiger partial charge in [0.15, 0.2) is 0 Å². The second-order valence-corrected chi connectivity index (χ2v) is 5.45. The lowest BCUT2D eigenvalue weighted by Crippen LogP contribution is -2.33. The Labute approximate surface area is 101 Å². The molecule has 0 unspecified atom stereocenters. The Morgan fingerprint density at radius 3 is 2.69 bits per heavy atom. The molecule has 0 fully saturated rings. The van der Waals surface area contributed by atoms with Crippen LogP contribution in [0.15, 0.2) is 18.2 Å². The van der Waals surface area contributed by atoms with Crippen LogP contribution in [0.4, 0.5) is 11.4 Å². The molecule has 1 amide bonds. The van der Waals surface area contributed by atoms with Crippen LogP contribution in [0, 0.1) is 0 Å². The summed E-state index contributed by atoms with van der Waals surface area (Å²) in [5, 5.41) is 2.84. The monoisotopic (exact) mass is 236 g/mol. The number of carbonyl (C=O) groups is 1. The van der Waals surface area contributed by atoms with Crippen molar-refractivity contribution in [2.45, 2.75) is 32.7 Å². The first-order valence-electron chi connectivity index (χ1n) is 5.30. The molecule has 0 aromatic heterocycles. The number of nitrogens with one attached hydrogen (secondary N) is 1. The van der Waals surface area contributed by atoms with E-state index in [2.05, 4.69) is 38.9 Å². The Hall–Kier alpha value is -1.16. The summed E-state index contributed by atoms with van der Waals surface area (Å²) < 4.78 is 1.90. The number of amides is 1. The van der Waals surface area contributed by atoms with Crippen LogP contribution in [0.3, 0.4) is 0 Å². The number of thiol groups is 1. The molecule has 86 valence electrons. The number of anilines is 2. The van der Waals surface area contributed by atoms with Crippen molar-refractivity contribution in [2.75, 3.05) is 9.62 Å². The zero-order valence-corrected chi connectivity index (χ0v) is 10.6. The van der Waals surface area contributed by atoms with Crippen LogP contribution in [0.25, 0.3) is 0 Å². The molecular formula is C12H16N2OS. The number of hydrogen-bond acceptors (Lipinski definition) is 3. The van der Waals surface area contributed by atoms with Crippen LogP contribution in [-0.4, -0.2) is 11.4 Å². The summed E-state index contributed by atoms with van der Waals surface area (Å²) in [6.45, 7) is 6.27. The molecular weight excluding hydrogens is 220 g/mol. The molecule has 1 heterocycles. The predicted octanol–water partition coefficient (Wildman–Crippen LogP) is 2.63. The minimum atomic E-state index is -0.0556. The number of rotatable bonds is 1. The normalized spacial score (nSPS) is 14.6. The zero-order chi connectivity index (χ0) is 11.9. The van der Waals surface area contributed by atoms with Gasteiger partial charge in [-0.05, 0) is 38.5 Å². The Bertz CT molecular complexity index is 437. The summed E-state index contributed by atoms with van der Waals surface area (Å²) in [7, 11) is 0.